The first-order valence-corrected chi connectivity index (χ1v) is 5.70. The number of hydrogen-bond donors (Lipinski definition) is 1. The number of piperidine rings is 1. The molecule has 1 spiro atoms. The maximum Gasteiger partial charge on any atom is -0.00135 e. The zero-order chi connectivity index (χ0) is 9.31. The quantitative estimate of drug-likeness (QED) is 0.700. The van der Waals surface area contributed by atoms with Crippen LogP contribution >= 0.6 is 0 Å². The summed E-state index contributed by atoms with van der Waals surface area (Å²) in [5.41, 5.74) is 6.40. The molecule has 2 heteroatoms. The predicted octanol–water partition coefficient (Wildman–Crippen LogP) is 1.46. The first-order valence-electron chi connectivity index (χ1n) is 5.70. The molecule has 2 nitrogen and oxygen atoms in total. The zero-order valence-corrected chi connectivity index (χ0v) is 8.76. The van der Waals surface area contributed by atoms with Crippen LogP contribution in [0.4, 0.5) is 0 Å². The first kappa shape index (κ1) is 9.47. The van der Waals surface area contributed by atoms with Gasteiger partial charge in [-0.25, -0.2) is 0 Å². The third-order valence-electron chi connectivity index (χ3n) is 4.14. The highest BCUT2D eigenvalue weighted by Crippen LogP contribution is 2.51. The maximum atomic E-state index is 5.67. The fraction of sp³-hybridized carbons (Fsp3) is 1.00. The van der Waals surface area contributed by atoms with Crippen LogP contribution in [0.5, 0.6) is 0 Å². The second kappa shape index (κ2) is 3.58. The summed E-state index contributed by atoms with van der Waals surface area (Å²) in [6.07, 6.45) is 5.69. The SMILES string of the molecule is CCN1CCC2(CC1)CC(CN)C2. The van der Waals surface area contributed by atoms with Gasteiger partial charge in [-0.3, -0.25) is 0 Å². The Morgan fingerprint density at radius 1 is 1.31 bits per heavy atom. The molecule has 76 valence electrons. The van der Waals surface area contributed by atoms with Crippen LogP contribution in [0.15, 0.2) is 0 Å². The summed E-state index contributed by atoms with van der Waals surface area (Å²) in [6.45, 7) is 7.07. The van der Waals surface area contributed by atoms with Gasteiger partial charge in [0.05, 0.1) is 0 Å². The molecule has 1 saturated heterocycles. The van der Waals surface area contributed by atoms with E-state index in [9.17, 15) is 0 Å². The van der Waals surface area contributed by atoms with Crippen molar-refractivity contribution in [2.75, 3.05) is 26.2 Å². The molecule has 1 saturated carbocycles. The van der Waals surface area contributed by atoms with Gasteiger partial charge in [0, 0.05) is 0 Å². The van der Waals surface area contributed by atoms with E-state index in [1.54, 1.807) is 0 Å². The van der Waals surface area contributed by atoms with Crippen molar-refractivity contribution in [1.29, 1.82) is 0 Å². The molecule has 2 rings (SSSR count). The van der Waals surface area contributed by atoms with E-state index >= 15 is 0 Å². The van der Waals surface area contributed by atoms with Gasteiger partial charge in [-0.05, 0) is 63.2 Å². The first-order chi connectivity index (χ1) is 6.28. The molecule has 1 heterocycles. The van der Waals surface area contributed by atoms with Crippen LogP contribution in [0.1, 0.15) is 32.6 Å². The van der Waals surface area contributed by atoms with Crippen molar-refractivity contribution < 1.29 is 0 Å². The van der Waals surface area contributed by atoms with Crippen LogP contribution in [-0.2, 0) is 0 Å². The fourth-order valence-electron chi connectivity index (χ4n) is 3.08. The second-order valence-electron chi connectivity index (χ2n) is 4.94. The molecule has 0 aromatic carbocycles. The zero-order valence-electron chi connectivity index (χ0n) is 8.76. The number of rotatable bonds is 2. The minimum Gasteiger partial charge on any atom is -0.330 e. The third-order valence-corrected chi connectivity index (χ3v) is 4.14. The van der Waals surface area contributed by atoms with E-state index in [4.69, 9.17) is 5.73 Å². The van der Waals surface area contributed by atoms with Crippen molar-refractivity contribution >= 4 is 0 Å². The van der Waals surface area contributed by atoms with Gasteiger partial charge in [-0.1, -0.05) is 6.92 Å². The van der Waals surface area contributed by atoms with Crippen LogP contribution in [0.3, 0.4) is 0 Å². The molecule has 2 aliphatic rings. The molecule has 0 aromatic heterocycles. The summed E-state index contributed by atoms with van der Waals surface area (Å²) in [5.74, 6) is 0.855. The Labute approximate surface area is 81.5 Å². The number of nitrogens with two attached hydrogens (primary N) is 1. The van der Waals surface area contributed by atoms with Gasteiger partial charge in [0.25, 0.3) is 0 Å². The normalized spacial score (nSPS) is 29.1. The summed E-state index contributed by atoms with van der Waals surface area (Å²) < 4.78 is 0. The lowest BCUT2D eigenvalue weighted by Gasteiger charge is -2.52. The Morgan fingerprint density at radius 3 is 2.38 bits per heavy atom. The minimum absolute atomic E-state index is 0.732. The van der Waals surface area contributed by atoms with Crippen molar-refractivity contribution in [2.24, 2.45) is 17.1 Å². The Balaban J connectivity index is 1.79. The van der Waals surface area contributed by atoms with Crippen LogP contribution in [0.2, 0.25) is 0 Å². The third kappa shape index (κ3) is 1.75. The van der Waals surface area contributed by atoms with Crippen molar-refractivity contribution in [2.45, 2.75) is 32.6 Å². The second-order valence-corrected chi connectivity index (χ2v) is 4.94. The van der Waals surface area contributed by atoms with Crippen molar-refractivity contribution in [3.05, 3.63) is 0 Å². The predicted molar refractivity (Wildman–Crippen MR) is 55.6 cm³/mol. The van der Waals surface area contributed by atoms with Gasteiger partial charge in [0.2, 0.25) is 0 Å². The van der Waals surface area contributed by atoms with E-state index < -0.39 is 0 Å². The highest BCUT2D eigenvalue weighted by atomic mass is 15.1. The molecule has 2 N–H and O–H groups in total. The standard InChI is InChI=1S/C11H22N2/c1-2-13-5-3-11(4-6-13)7-10(8-11)9-12/h10H,2-9,12H2,1H3. The average Bonchev–Trinajstić information content (AvgIpc) is 2.14. The van der Waals surface area contributed by atoms with Crippen molar-refractivity contribution in [1.82, 2.24) is 4.90 Å². The lowest BCUT2D eigenvalue weighted by atomic mass is 9.57. The van der Waals surface area contributed by atoms with E-state index in [2.05, 4.69) is 11.8 Å². The van der Waals surface area contributed by atoms with E-state index in [0.717, 1.165) is 17.9 Å². The summed E-state index contributed by atoms with van der Waals surface area (Å²) in [4.78, 5) is 2.57. The van der Waals surface area contributed by atoms with Crippen molar-refractivity contribution in [3.8, 4) is 0 Å². The molecular weight excluding hydrogens is 160 g/mol. The van der Waals surface area contributed by atoms with Crippen molar-refractivity contribution in [3.63, 3.8) is 0 Å². The summed E-state index contributed by atoms with van der Waals surface area (Å²) in [5, 5.41) is 0. The van der Waals surface area contributed by atoms with Crippen LogP contribution in [0.25, 0.3) is 0 Å². The summed E-state index contributed by atoms with van der Waals surface area (Å²) >= 11 is 0. The smallest absolute Gasteiger partial charge is 0.00135 e. The van der Waals surface area contributed by atoms with E-state index in [-0.39, 0.29) is 0 Å². The molecule has 0 radical (unpaired) electrons. The molecular formula is C11H22N2. The lowest BCUT2D eigenvalue weighted by Crippen LogP contribution is -2.48. The van der Waals surface area contributed by atoms with Gasteiger partial charge >= 0.3 is 0 Å². The number of hydrogen-bond acceptors (Lipinski definition) is 2. The van der Waals surface area contributed by atoms with E-state index in [0.29, 0.717) is 0 Å². The molecule has 1 aliphatic carbocycles. The van der Waals surface area contributed by atoms with Gasteiger partial charge in [0.15, 0.2) is 0 Å². The van der Waals surface area contributed by atoms with Crippen LogP contribution in [-0.4, -0.2) is 31.1 Å². The summed E-state index contributed by atoms with van der Waals surface area (Å²) in [6, 6.07) is 0. The van der Waals surface area contributed by atoms with E-state index in [1.807, 2.05) is 0 Å². The minimum atomic E-state index is 0.732. The summed E-state index contributed by atoms with van der Waals surface area (Å²) in [7, 11) is 0. The molecule has 1 aliphatic heterocycles. The molecule has 0 unspecified atom stereocenters. The molecule has 0 amide bonds. The number of likely N-dealkylation sites (tertiary alicyclic amines) is 1. The molecule has 0 aromatic rings. The Bertz CT molecular complexity index is 163. The molecule has 13 heavy (non-hydrogen) atoms. The highest BCUT2D eigenvalue weighted by Gasteiger charge is 2.44. The Hall–Kier alpha value is -0.0800. The molecule has 0 bridgehead atoms. The largest absolute Gasteiger partial charge is 0.330 e. The van der Waals surface area contributed by atoms with Crippen LogP contribution in [0, 0.1) is 11.3 Å². The van der Waals surface area contributed by atoms with Crippen LogP contribution < -0.4 is 5.73 Å². The molecule has 2 fully saturated rings. The number of nitrogens with zero attached hydrogens (tertiary/aromatic N) is 1. The topological polar surface area (TPSA) is 29.3 Å². The van der Waals surface area contributed by atoms with E-state index in [1.165, 1.54) is 45.3 Å². The average molecular weight is 182 g/mol. The van der Waals surface area contributed by atoms with Gasteiger partial charge in [0.1, 0.15) is 0 Å². The van der Waals surface area contributed by atoms with Gasteiger partial charge < -0.3 is 10.6 Å². The highest BCUT2D eigenvalue weighted by molar-refractivity contribution is 4.96. The Kier molecular flexibility index (Phi) is 2.61. The molecule has 0 atom stereocenters. The Morgan fingerprint density at radius 2 is 1.92 bits per heavy atom. The monoisotopic (exact) mass is 182 g/mol. The maximum absolute atomic E-state index is 5.67. The van der Waals surface area contributed by atoms with Gasteiger partial charge in [-0.2, -0.15) is 0 Å². The lowest BCUT2D eigenvalue weighted by molar-refractivity contribution is -0.00801. The van der Waals surface area contributed by atoms with Gasteiger partial charge in [-0.15, -0.1) is 0 Å². The fourth-order valence-corrected chi connectivity index (χ4v) is 3.08.